The Balaban J connectivity index is 3.79. The lowest BCUT2D eigenvalue weighted by molar-refractivity contribution is 0.567. The first kappa shape index (κ1) is 17.4. The highest BCUT2D eigenvalue weighted by Gasteiger charge is 2.33. The van der Waals surface area contributed by atoms with Crippen LogP contribution in [0.2, 0.25) is 0 Å². The number of aromatic nitrogens is 1. The SMILES string of the molecule is CC(C)(C)c1ncc(Br)cc1N(S(C)(=O)=O)S(C)(=O)=O. The molecule has 0 amide bonds. The van der Waals surface area contributed by atoms with Crippen LogP contribution in [0.3, 0.4) is 0 Å². The van der Waals surface area contributed by atoms with Crippen molar-refractivity contribution in [2.45, 2.75) is 26.2 Å². The van der Waals surface area contributed by atoms with Crippen LogP contribution in [0.1, 0.15) is 26.5 Å². The summed E-state index contributed by atoms with van der Waals surface area (Å²) in [5.74, 6) is 0. The van der Waals surface area contributed by atoms with E-state index < -0.39 is 25.5 Å². The first-order valence-electron chi connectivity index (χ1n) is 5.61. The number of nitrogens with zero attached hydrogens (tertiary/aromatic N) is 2. The first-order chi connectivity index (χ1) is 8.74. The quantitative estimate of drug-likeness (QED) is 0.793. The number of hydrogen-bond acceptors (Lipinski definition) is 5. The van der Waals surface area contributed by atoms with Crippen molar-refractivity contribution in [1.82, 2.24) is 4.98 Å². The van der Waals surface area contributed by atoms with E-state index in [0.29, 0.717) is 13.9 Å². The summed E-state index contributed by atoms with van der Waals surface area (Å²) in [6, 6.07) is 1.44. The largest absolute Gasteiger partial charge is 0.257 e. The van der Waals surface area contributed by atoms with E-state index in [1.165, 1.54) is 12.3 Å². The number of sulfonamides is 2. The van der Waals surface area contributed by atoms with Crippen LogP contribution in [0, 0.1) is 0 Å². The summed E-state index contributed by atoms with van der Waals surface area (Å²) in [4.78, 5) is 4.18. The second-order valence-electron chi connectivity index (χ2n) is 5.49. The van der Waals surface area contributed by atoms with E-state index in [9.17, 15) is 16.8 Å². The normalized spacial score (nSPS) is 13.3. The molecule has 0 aliphatic carbocycles. The predicted molar refractivity (Wildman–Crippen MR) is 82.8 cm³/mol. The van der Waals surface area contributed by atoms with Crippen LogP contribution in [-0.4, -0.2) is 34.3 Å². The average molecular weight is 385 g/mol. The number of hydrogen-bond donors (Lipinski definition) is 0. The monoisotopic (exact) mass is 384 g/mol. The molecule has 0 aliphatic heterocycles. The summed E-state index contributed by atoms with van der Waals surface area (Å²) < 4.78 is 48.4. The van der Waals surface area contributed by atoms with Gasteiger partial charge in [0.1, 0.15) is 0 Å². The van der Waals surface area contributed by atoms with E-state index in [-0.39, 0.29) is 5.69 Å². The van der Waals surface area contributed by atoms with E-state index >= 15 is 0 Å². The summed E-state index contributed by atoms with van der Waals surface area (Å²) >= 11 is 3.19. The van der Waals surface area contributed by atoms with Gasteiger partial charge in [-0.15, -0.1) is 0 Å². The van der Waals surface area contributed by atoms with Crippen molar-refractivity contribution in [1.29, 1.82) is 0 Å². The van der Waals surface area contributed by atoms with Crippen LogP contribution in [0.15, 0.2) is 16.7 Å². The molecule has 6 nitrogen and oxygen atoms in total. The van der Waals surface area contributed by atoms with Crippen molar-refractivity contribution in [3.63, 3.8) is 0 Å². The molecule has 0 spiro atoms. The first-order valence-corrected chi connectivity index (χ1v) is 10.1. The van der Waals surface area contributed by atoms with Crippen molar-refractivity contribution in [3.8, 4) is 0 Å². The van der Waals surface area contributed by atoms with Crippen LogP contribution in [0.4, 0.5) is 5.69 Å². The Hall–Kier alpha value is -0.670. The summed E-state index contributed by atoms with van der Waals surface area (Å²) in [6.45, 7) is 5.49. The van der Waals surface area contributed by atoms with Gasteiger partial charge >= 0.3 is 0 Å². The van der Waals surface area contributed by atoms with Gasteiger partial charge < -0.3 is 0 Å². The maximum Gasteiger partial charge on any atom is 0.245 e. The predicted octanol–water partition coefficient (Wildman–Crippen LogP) is 1.87. The van der Waals surface area contributed by atoms with Crippen LogP contribution in [0.25, 0.3) is 0 Å². The van der Waals surface area contributed by atoms with Gasteiger partial charge in [-0.1, -0.05) is 20.8 Å². The maximum absolute atomic E-state index is 11.9. The lowest BCUT2D eigenvalue weighted by Gasteiger charge is -2.27. The fourth-order valence-corrected chi connectivity index (χ4v) is 5.03. The van der Waals surface area contributed by atoms with Gasteiger partial charge in [0, 0.05) is 16.1 Å². The van der Waals surface area contributed by atoms with Gasteiger partial charge in [-0.3, -0.25) is 4.98 Å². The lowest BCUT2D eigenvalue weighted by atomic mass is 9.90. The van der Waals surface area contributed by atoms with Crippen molar-refractivity contribution >= 4 is 41.7 Å². The Morgan fingerprint density at radius 2 is 1.55 bits per heavy atom. The highest BCUT2D eigenvalue weighted by Crippen LogP contribution is 2.34. The standard InChI is InChI=1S/C11H17BrN2O4S2/c1-11(2,3)10-9(6-8(12)7-13-10)14(19(4,15)16)20(5,17)18/h6-7H,1-5H3. The Morgan fingerprint density at radius 3 is 1.90 bits per heavy atom. The molecule has 1 heterocycles. The van der Waals surface area contributed by atoms with Gasteiger partial charge in [0.05, 0.1) is 23.9 Å². The minimum absolute atomic E-state index is 0.0388. The maximum atomic E-state index is 11.9. The summed E-state index contributed by atoms with van der Waals surface area (Å²) in [5.41, 5.74) is -0.0858. The molecule has 1 rings (SSSR count). The summed E-state index contributed by atoms with van der Waals surface area (Å²) in [7, 11) is -7.98. The number of pyridine rings is 1. The zero-order valence-electron chi connectivity index (χ0n) is 11.9. The molecule has 0 radical (unpaired) electrons. The molecule has 0 fully saturated rings. The zero-order valence-corrected chi connectivity index (χ0v) is 15.1. The molecule has 1 aromatic rings. The molecule has 114 valence electrons. The summed E-state index contributed by atoms with van der Waals surface area (Å²) in [5, 5.41) is 0. The molecule has 0 saturated carbocycles. The smallest absolute Gasteiger partial charge is 0.245 e. The van der Waals surface area contributed by atoms with E-state index in [4.69, 9.17) is 0 Å². The third-order valence-corrected chi connectivity index (χ3v) is 6.00. The fourth-order valence-electron chi connectivity index (χ4n) is 1.75. The van der Waals surface area contributed by atoms with Gasteiger partial charge in [-0.05, 0) is 22.0 Å². The van der Waals surface area contributed by atoms with Gasteiger partial charge in [-0.2, -0.15) is 3.71 Å². The molecule has 0 saturated heterocycles. The molecule has 0 atom stereocenters. The Morgan fingerprint density at radius 1 is 1.10 bits per heavy atom. The van der Waals surface area contributed by atoms with E-state index in [2.05, 4.69) is 20.9 Å². The number of halogens is 1. The molecule has 0 unspecified atom stereocenters. The highest BCUT2D eigenvalue weighted by atomic mass is 79.9. The molecule has 0 N–H and O–H groups in total. The Kier molecular flexibility index (Phi) is 4.58. The number of anilines is 1. The topological polar surface area (TPSA) is 84.4 Å². The van der Waals surface area contributed by atoms with Crippen LogP contribution >= 0.6 is 15.9 Å². The molecule has 0 bridgehead atoms. The van der Waals surface area contributed by atoms with Gasteiger partial charge in [0.15, 0.2) is 0 Å². The Bertz CT molecular complexity index is 689. The minimum atomic E-state index is -3.99. The Labute approximate surface area is 128 Å². The third kappa shape index (κ3) is 3.92. The fraction of sp³-hybridized carbons (Fsp3) is 0.545. The molecular weight excluding hydrogens is 368 g/mol. The molecule has 9 heteroatoms. The van der Waals surface area contributed by atoms with Crippen LogP contribution < -0.4 is 3.71 Å². The van der Waals surface area contributed by atoms with Crippen molar-refractivity contribution in [2.24, 2.45) is 0 Å². The third-order valence-electron chi connectivity index (χ3n) is 2.34. The molecular formula is C11H17BrN2O4S2. The molecule has 0 aromatic carbocycles. The van der Waals surface area contributed by atoms with Crippen LogP contribution in [0.5, 0.6) is 0 Å². The van der Waals surface area contributed by atoms with Crippen molar-refractivity contribution in [2.75, 3.05) is 16.2 Å². The van der Waals surface area contributed by atoms with Gasteiger partial charge in [0.25, 0.3) is 0 Å². The second-order valence-corrected chi connectivity index (χ2v) is 10.3. The highest BCUT2D eigenvalue weighted by molar-refractivity contribution is 9.10. The lowest BCUT2D eigenvalue weighted by Crippen LogP contribution is -2.37. The van der Waals surface area contributed by atoms with E-state index in [0.717, 1.165) is 12.5 Å². The van der Waals surface area contributed by atoms with E-state index in [1.807, 2.05) is 20.8 Å². The van der Waals surface area contributed by atoms with E-state index in [1.54, 1.807) is 0 Å². The molecule has 20 heavy (non-hydrogen) atoms. The van der Waals surface area contributed by atoms with Crippen molar-refractivity contribution in [3.05, 3.63) is 22.4 Å². The van der Waals surface area contributed by atoms with Gasteiger partial charge in [-0.25, -0.2) is 16.8 Å². The molecule has 1 aromatic heterocycles. The number of rotatable bonds is 3. The minimum Gasteiger partial charge on any atom is -0.257 e. The molecule has 0 aliphatic rings. The van der Waals surface area contributed by atoms with Crippen molar-refractivity contribution < 1.29 is 16.8 Å². The van der Waals surface area contributed by atoms with Gasteiger partial charge in [0.2, 0.25) is 20.0 Å². The van der Waals surface area contributed by atoms with Crippen LogP contribution in [-0.2, 0) is 25.5 Å². The summed E-state index contributed by atoms with van der Waals surface area (Å²) in [6.07, 6.45) is 3.20. The average Bonchev–Trinajstić information content (AvgIpc) is 2.09. The second kappa shape index (κ2) is 5.27. The zero-order chi connectivity index (χ0) is 15.9.